The van der Waals surface area contributed by atoms with Crippen molar-refractivity contribution in [3.63, 3.8) is 0 Å². The Kier molecular flexibility index (Phi) is 5.09. The zero-order valence-electron chi connectivity index (χ0n) is 15.6. The predicted molar refractivity (Wildman–Crippen MR) is 106 cm³/mol. The van der Waals surface area contributed by atoms with E-state index in [9.17, 15) is 5.26 Å². The van der Waals surface area contributed by atoms with Crippen molar-refractivity contribution in [1.29, 1.82) is 5.26 Å². The molecule has 0 saturated carbocycles. The van der Waals surface area contributed by atoms with Gasteiger partial charge in [0.2, 0.25) is 0 Å². The number of rotatable bonds is 5. The number of nitrogens with one attached hydrogen (secondary N) is 1. The lowest BCUT2D eigenvalue weighted by Gasteiger charge is -2.08. The molecule has 3 aromatic rings. The number of nitrogens with zero attached hydrogens (tertiary/aromatic N) is 2. The van der Waals surface area contributed by atoms with Crippen molar-refractivity contribution < 1.29 is 4.74 Å². The van der Waals surface area contributed by atoms with Gasteiger partial charge < -0.3 is 9.72 Å². The Bertz CT molecular complexity index is 950. The molecule has 0 amide bonds. The molecule has 0 radical (unpaired) electrons. The van der Waals surface area contributed by atoms with E-state index in [2.05, 4.69) is 49.8 Å². The summed E-state index contributed by atoms with van der Waals surface area (Å²) < 4.78 is 5.70. The summed E-state index contributed by atoms with van der Waals surface area (Å²) in [5.41, 5.74) is 5.66. The number of H-pyrrole nitrogens is 1. The molecule has 0 fully saturated rings. The fourth-order valence-corrected chi connectivity index (χ4v) is 2.64. The van der Waals surface area contributed by atoms with E-state index in [1.165, 1.54) is 11.1 Å². The average molecular weight is 345 g/mol. The molecule has 0 aliphatic rings. The van der Waals surface area contributed by atoms with Crippen LogP contribution in [0.15, 0.2) is 36.4 Å². The van der Waals surface area contributed by atoms with Crippen LogP contribution in [0, 0.1) is 31.1 Å². The fourth-order valence-electron chi connectivity index (χ4n) is 2.64. The molecule has 0 aliphatic heterocycles. The minimum atomic E-state index is 0.486. The van der Waals surface area contributed by atoms with E-state index in [-0.39, 0.29) is 0 Å². The number of hydrogen-bond donors (Lipinski definition) is 1. The largest absolute Gasteiger partial charge is 0.493 e. The molecule has 4 nitrogen and oxygen atoms in total. The first kappa shape index (κ1) is 17.8. The number of aromatic amines is 1. The third-order valence-corrected chi connectivity index (χ3v) is 4.25. The van der Waals surface area contributed by atoms with Gasteiger partial charge in [-0.3, -0.25) is 0 Å². The summed E-state index contributed by atoms with van der Waals surface area (Å²) in [7, 11) is 0. The van der Waals surface area contributed by atoms with E-state index in [1.807, 2.05) is 36.4 Å². The first-order valence-corrected chi connectivity index (χ1v) is 8.78. The Hall–Kier alpha value is -3.06. The van der Waals surface area contributed by atoms with Gasteiger partial charge in [0.25, 0.3) is 0 Å². The van der Waals surface area contributed by atoms with E-state index in [0.29, 0.717) is 23.9 Å². The van der Waals surface area contributed by atoms with Crippen LogP contribution in [-0.4, -0.2) is 16.6 Å². The van der Waals surface area contributed by atoms with Gasteiger partial charge in [-0.25, -0.2) is 4.98 Å². The number of allylic oxidation sites excluding steroid dienone is 1. The SMILES string of the molecule is Cc1cc2nc(/C(C#N)=C/c3ccc(OCC(C)C)cc3)[nH]c2cc1C. The van der Waals surface area contributed by atoms with E-state index in [1.54, 1.807) is 0 Å². The number of imidazole rings is 1. The monoisotopic (exact) mass is 345 g/mol. The Labute approximate surface area is 154 Å². The lowest BCUT2D eigenvalue weighted by atomic mass is 10.1. The van der Waals surface area contributed by atoms with Crippen LogP contribution >= 0.6 is 0 Å². The standard InChI is InChI=1S/C22H23N3O/c1-14(2)13-26-19-7-5-17(6-8-19)11-18(12-23)22-24-20-9-15(3)16(4)10-21(20)25-22/h5-11,14H,13H2,1-4H3,(H,24,25)/b18-11+. The summed E-state index contributed by atoms with van der Waals surface area (Å²) in [6.07, 6.45) is 1.84. The molecule has 26 heavy (non-hydrogen) atoms. The van der Waals surface area contributed by atoms with E-state index >= 15 is 0 Å². The molecule has 3 rings (SSSR count). The maximum Gasteiger partial charge on any atom is 0.149 e. The zero-order valence-corrected chi connectivity index (χ0v) is 15.6. The van der Waals surface area contributed by atoms with Crippen LogP contribution in [0.5, 0.6) is 5.75 Å². The zero-order chi connectivity index (χ0) is 18.7. The number of aromatic nitrogens is 2. The van der Waals surface area contributed by atoms with Gasteiger partial charge in [-0.05, 0) is 66.8 Å². The first-order chi connectivity index (χ1) is 12.5. The van der Waals surface area contributed by atoms with Crippen molar-refractivity contribution in [2.24, 2.45) is 5.92 Å². The molecule has 0 spiro atoms. The lowest BCUT2D eigenvalue weighted by molar-refractivity contribution is 0.271. The van der Waals surface area contributed by atoms with Crippen LogP contribution in [-0.2, 0) is 0 Å². The highest BCUT2D eigenvalue weighted by atomic mass is 16.5. The van der Waals surface area contributed by atoms with Crippen LogP contribution in [0.2, 0.25) is 0 Å². The lowest BCUT2D eigenvalue weighted by Crippen LogP contribution is -2.04. The van der Waals surface area contributed by atoms with Crippen molar-refractivity contribution in [3.05, 3.63) is 58.9 Å². The van der Waals surface area contributed by atoms with Crippen molar-refractivity contribution in [2.45, 2.75) is 27.7 Å². The Morgan fingerprint density at radius 2 is 1.88 bits per heavy atom. The number of ether oxygens (including phenoxy) is 1. The summed E-state index contributed by atoms with van der Waals surface area (Å²) in [6, 6.07) is 14.1. The topological polar surface area (TPSA) is 61.7 Å². The highest BCUT2D eigenvalue weighted by molar-refractivity contribution is 5.90. The van der Waals surface area contributed by atoms with Crippen LogP contribution in [0.3, 0.4) is 0 Å². The molecule has 2 aromatic carbocycles. The molecule has 4 heteroatoms. The summed E-state index contributed by atoms with van der Waals surface area (Å²) in [4.78, 5) is 7.83. The van der Waals surface area contributed by atoms with E-state index in [4.69, 9.17) is 4.74 Å². The van der Waals surface area contributed by atoms with Crippen LogP contribution in [0.25, 0.3) is 22.7 Å². The van der Waals surface area contributed by atoms with Gasteiger partial charge in [-0.2, -0.15) is 5.26 Å². The van der Waals surface area contributed by atoms with Crippen LogP contribution in [0.4, 0.5) is 0 Å². The van der Waals surface area contributed by atoms with Gasteiger partial charge in [0.05, 0.1) is 23.2 Å². The molecule has 0 aliphatic carbocycles. The van der Waals surface area contributed by atoms with Crippen LogP contribution < -0.4 is 4.74 Å². The summed E-state index contributed by atoms with van der Waals surface area (Å²) >= 11 is 0. The molecular weight excluding hydrogens is 322 g/mol. The number of benzene rings is 2. The Balaban J connectivity index is 1.87. The summed E-state index contributed by atoms with van der Waals surface area (Å²) in [5, 5.41) is 9.57. The molecular formula is C22H23N3O. The minimum absolute atomic E-state index is 0.486. The molecule has 0 saturated heterocycles. The van der Waals surface area contributed by atoms with Crippen molar-refractivity contribution in [1.82, 2.24) is 9.97 Å². The van der Waals surface area contributed by atoms with Gasteiger partial charge in [0, 0.05) is 0 Å². The third-order valence-electron chi connectivity index (χ3n) is 4.25. The quantitative estimate of drug-likeness (QED) is 0.640. The van der Waals surface area contributed by atoms with Gasteiger partial charge in [-0.15, -0.1) is 0 Å². The van der Waals surface area contributed by atoms with Crippen molar-refractivity contribution in [3.8, 4) is 11.8 Å². The second-order valence-electron chi connectivity index (χ2n) is 6.98. The van der Waals surface area contributed by atoms with Crippen molar-refractivity contribution in [2.75, 3.05) is 6.61 Å². The first-order valence-electron chi connectivity index (χ1n) is 8.78. The number of hydrogen-bond acceptors (Lipinski definition) is 3. The van der Waals surface area contributed by atoms with Gasteiger partial charge in [0.15, 0.2) is 0 Å². The average Bonchev–Trinajstić information content (AvgIpc) is 3.01. The van der Waals surface area contributed by atoms with Gasteiger partial charge in [0.1, 0.15) is 17.6 Å². The summed E-state index contributed by atoms with van der Waals surface area (Å²) in [6.45, 7) is 9.06. The molecule has 0 bridgehead atoms. The Morgan fingerprint density at radius 1 is 1.19 bits per heavy atom. The molecule has 1 heterocycles. The maximum atomic E-state index is 9.57. The Morgan fingerprint density at radius 3 is 2.54 bits per heavy atom. The van der Waals surface area contributed by atoms with Gasteiger partial charge in [-0.1, -0.05) is 26.0 Å². The smallest absolute Gasteiger partial charge is 0.149 e. The molecule has 1 N–H and O–H groups in total. The number of nitriles is 1. The highest BCUT2D eigenvalue weighted by Crippen LogP contribution is 2.23. The normalized spacial score (nSPS) is 11.8. The molecule has 0 atom stereocenters. The molecule has 0 unspecified atom stereocenters. The number of fused-ring (bicyclic) bond motifs is 1. The highest BCUT2D eigenvalue weighted by Gasteiger charge is 2.09. The van der Waals surface area contributed by atoms with Crippen molar-refractivity contribution >= 4 is 22.7 Å². The third kappa shape index (κ3) is 3.94. The maximum absolute atomic E-state index is 9.57. The van der Waals surface area contributed by atoms with E-state index in [0.717, 1.165) is 22.3 Å². The molecule has 1 aromatic heterocycles. The molecule has 132 valence electrons. The fraction of sp³-hybridized carbons (Fsp3) is 0.273. The van der Waals surface area contributed by atoms with E-state index < -0.39 is 0 Å². The van der Waals surface area contributed by atoms with Crippen LogP contribution in [0.1, 0.15) is 36.4 Å². The second-order valence-corrected chi connectivity index (χ2v) is 6.98. The number of aryl methyl sites for hydroxylation is 2. The summed E-state index contributed by atoms with van der Waals surface area (Å²) in [5.74, 6) is 1.91. The minimum Gasteiger partial charge on any atom is -0.493 e. The van der Waals surface area contributed by atoms with Gasteiger partial charge >= 0.3 is 0 Å². The predicted octanol–water partition coefficient (Wildman–Crippen LogP) is 5.28. The second kappa shape index (κ2) is 7.45.